The van der Waals surface area contributed by atoms with Crippen LogP contribution in [0.25, 0.3) is 10.8 Å². The van der Waals surface area contributed by atoms with Gasteiger partial charge < -0.3 is 10.4 Å². The SMILES string of the molecule is Cc1ccc(Cl)cc1NC(=O)c1cc2ccccc2cc1[O-].[Na+]. The van der Waals surface area contributed by atoms with Gasteiger partial charge in [-0.3, -0.25) is 4.79 Å². The fourth-order valence-corrected chi connectivity index (χ4v) is 2.49. The van der Waals surface area contributed by atoms with Crippen LogP contribution in [0.2, 0.25) is 5.02 Å². The van der Waals surface area contributed by atoms with E-state index in [9.17, 15) is 9.90 Å². The molecular weight excluding hydrogens is 321 g/mol. The van der Waals surface area contributed by atoms with Gasteiger partial charge in [-0.2, -0.15) is 0 Å². The van der Waals surface area contributed by atoms with Crippen LogP contribution in [-0.4, -0.2) is 5.91 Å². The third-order valence-electron chi connectivity index (χ3n) is 3.54. The van der Waals surface area contributed by atoms with Gasteiger partial charge in [0.2, 0.25) is 0 Å². The fourth-order valence-electron chi connectivity index (χ4n) is 2.32. The van der Waals surface area contributed by atoms with Crippen LogP contribution < -0.4 is 40.0 Å². The van der Waals surface area contributed by atoms with Crippen LogP contribution >= 0.6 is 11.6 Å². The van der Waals surface area contributed by atoms with Crippen LogP contribution in [0.1, 0.15) is 15.9 Å². The van der Waals surface area contributed by atoms with Crippen LogP contribution in [0.15, 0.2) is 54.6 Å². The first-order valence-corrected chi connectivity index (χ1v) is 7.20. The number of hydrogen-bond acceptors (Lipinski definition) is 2. The van der Waals surface area contributed by atoms with Crippen LogP contribution in [0, 0.1) is 6.92 Å². The van der Waals surface area contributed by atoms with Crippen LogP contribution in [0.3, 0.4) is 0 Å². The second-order valence-electron chi connectivity index (χ2n) is 5.11. The van der Waals surface area contributed by atoms with Crippen LogP contribution in [0.4, 0.5) is 5.69 Å². The Kier molecular flexibility index (Phi) is 5.71. The Labute approximate surface area is 161 Å². The summed E-state index contributed by atoms with van der Waals surface area (Å²) in [5.41, 5.74) is 1.61. The Hall–Kier alpha value is -1.52. The zero-order chi connectivity index (χ0) is 15.7. The molecular formula is C18H13ClNNaO2. The van der Waals surface area contributed by atoms with E-state index in [1.165, 1.54) is 6.07 Å². The number of amides is 1. The summed E-state index contributed by atoms with van der Waals surface area (Å²) in [4.78, 5) is 12.4. The Bertz CT molecular complexity index is 880. The summed E-state index contributed by atoms with van der Waals surface area (Å²) in [7, 11) is 0. The van der Waals surface area contributed by atoms with Gasteiger partial charge in [0.1, 0.15) is 0 Å². The zero-order valence-corrected chi connectivity index (χ0v) is 15.6. The second-order valence-corrected chi connectivity index (χ2v) is 5.55. The summed E-state index contributed by atoms with van der Waals surface area (Å²) in [5, 5.41) is 17.1. The third-order valence-corrected chi connectivity index (χ3v) is 3.78. The van der Waals surface area contributed by atoms with E-state index in [4.69, 9.17) is 11.6 Å². The minimum absolute atomic E-state index is 0. The number of carbonyl (C=O) groups is 1. The molecule has 0 aliphatic heterocycles. The molecule has 110 valence electrons. The standard InChI is InChI=1S/C18H14ClNO2.Na/c1-11-6-7-14(19)10-16(11)20-18(22)15-8-12-4-2-3-5-13(12)9-17(15)21;/h2-10,21H,1H3,(H,20,22);/q;+1/p-1. The van der Waals surface area contributed by atoms with Gasteiger partial charge in [0.25, 0.3) is 5.91 Å². The van der Waals surface area contributed by atoms with Gasteiger partial charge in [0.15, 0.2) is 0 Å². The minimum Gasteiger partial charge on any atom is -0.872 e. The van der Waals surface area contributed by atoms with E-state index >= 15 is 0 Å². The van der Waals surface area contributed by atoms with Gasteiger partial charge in [-0.05, 0) is 41.5 Å². The monoisotopic (exact) mass is 333 g/mol. The number of aryl methyl sites for hydroxylation is 1. The molecule has 3 nitrogen and oxygen atoms in total. The fraction of sp³-hybridized carbons (Fsp3) is 0.0556. The van der Waals surface area contributed by atoms with Crippen LogP contribution in [-0.2, 0) is 0 Å². The van der Waals surface area contributed by atoms with Crippen molar-refractivity contribution in [1.82, 2.24) is 0 Å². The van der Waals surface area contributed by atoms with Gasteiger partial charge in [-0.25, -0.2) is 0 Å². The summed E-state index contributed by atoms with van der Waals surface area (Å²) in [6.07, 6.45) is 0. The first-order chi connectivity index (χ1) is 10.5. The normalized spacial score (nSPS) is 10.2. The van der Waals surface area contributed by atoms with E-state index in [1.807, 2.05) is 37.3 Å². The van der Waals surface area contributed by atoms with E-state index in [0.717, 1.165) is 16.3 Å². The number of halogens is 1. The van der Waals surface area contributed by atoms with Crippen molar-refractivity contribution in [3.63, 3.8) is 0 Å². The van der Waals surface area contributed by atoms with Crippen molar-refractivity contribution in [3.8, 4) is 5.75 Å². The number of nitrogens with one attached hydrogen (secondary N) is 1. The topological polar surface area (TPSA) is 52.2 Å². The number of hydrogen-bond donors (Lipinski definition) is 1. The minimum atomic E-state index is -0.430. The molecule has 0 unspecified atom stereocenters. The number of fused-ring (bicyclic) bond motifs is 1. The Morgan fingerprint density at radius 2 is 1.70 bits per heavy atom. The number of anilines is 1. The van der Waals surface area contributed by atoms with Gasteiger partial charge in [-0.1, -0.05) is 53.7 Å². The molecule has 0 atom stereocenters. The van der Waals surface area contributed by atoms with Crippen molar-refractivity contribution in [2.45, 2.75) is 6.92 Å². The van der Waals surface area contributed by atoms with Gasteiger partial charge in [0, 0.05) is 16.3 Å². The van der Waals surface area contributed by atoms with Crippen molar-refractivity contribution in [2.75, 3.05) is 5.32 Å². The predicted octanol–water partition coefficient (Wildman–Crippen LogP) is 1.13. The average Bonchev–Trinajstić information content (AvgIpc) is 2.50. The maximum Gasteiger partial charge on any atom is 1.00 e. The molecule has 0 spiro atoms. The molecule has 0 aliphatic carbocycles. The van der Waals surface area contributed by atoms with Gasteiger partial charge in [-0.15, -0.1) is 0 Å². The van der Waals surface area contributed by atoms with Crippen molar-refractivity contribution in [2.24, 2.45) is 0 Å². The van der Waals surface area contributed by atoms with Crippen molar-refractivity contribution in [3.05, 3.63) is 70.7 Å². The molecule has 3 aromatic carbocycles. The molecule has 0 saturated heterocycles. The molecule has 0 fully saturated rings. The summed E-state index contributed by atoms with van der Waals surface area (Å²) < 4.78 is 0. The maximum atomic E-state index is 12.4. The molecule has 5 heteroatoms. The molecule has 3 rings (SSSR count). The average molecular weight is 334 g/mol. The van der Waals surface area contributed by atoms with E-state index in [-0.39, 0.29) is 40.9 Å². The Balaban J connectivity index is 0.00000192. The van der Waals surface area contributed by atoms with Crippen molar-refractivity contribution >= 4 is 34.0 Å². The molecule has 1 amide bonds. The van der Waals surface area contributed by atoms with E-state index < -0.39 is 5.91 Å². The number of carbonyl (C=O) groups excluding carboxylic acids is 1. The largest absolute Gasteiger partial charge is 1.00 e. The Morgan fingerprint density at radius 3 is 2.39 bits per heavy atom. The van der Waals surface area contributed by atoms with E-state index in [2.05, 4.69) is 5.32 Å². The van der Waals surface area contributed by atoms with Crippen LogP contribution in [0.5, 0.6) is 5.75 Å². The molecule has 0 saturated carbocycles. The third kappa shape index (κ3) is 3.88. The molecule has 0 radical (unpaired) electrons. The van der Waals surface area contributed by atoms with E-state index in [0.29, 0.717) is 10.7 Å². The molecule has 0 aromatic heterocycles. The van der Waals surface area contributed by atoms with Gasteiger partial charge >= 0.3 is 29.6 Å². The molecule has 3 aromatic rings. The summed E-state index contributed by atoms with van der Waals surface area (Å²) in [6.45, 7) is 1.87. The summed E-state index contributed by atoms with van der Waals surface area (Å²) >= 11 is 5.94. The first kappa shape index (κ1) is 17.8. The Morgan fingerprint density at radius 1 is 1.04 bits per heavy atom. The number of benzene rings is 3. The quantitative estimate of drug-likeness (QED) is 0.715. The molecule has 1 N–H and O–H groups in total. The molecule has 23 heavy (non-hydrogen) atoms. The van der Waals surface area contributed by atoms with Crippen molar-refractivity contribution in [1.29, 1.82) is 0 Å². The summed E-state index contributed by atoms with van der Waals surface area (Å²) in [5.74, 6) is -0.725. The van der Waals surface area contributed by atoms with Crippen molar-refractivity contribution < 1.29 is 39.5 Å². The maximum absolute atomic E-state index is 12.4. The predicted molar refractivity (Wildman–Crippen MR) is 87.5 cm³/mol. The van der Waals surface area contributed by atoms with E-state index in [1.54, 1.807) is 18.2 Å². The zero-order valence-electron chi connectivity index (χ0n) is 12.9. The molecule has 0 bridgehead atoms. The molecule has 0 aliphatic rings. The number of rotatable bonds is 2. The second kappa shape index (κ2) is 7.37. The molecule has 0 heterocycles. The summed E-state index contributed by atoms with van der Waals surface area (Å²) in [6, 6.07) is 15.8. The first-order valence-electron chi connectivity index (χ1n) is 6.82. The van der Waals surface area contributed by atoms with Gasteiger partial charge in [0.05, 0.1) is 0 Å². The smallest absolute Gasteiger partial charge is 0.872 e.